The Morgan fingerprint density at radius 2 is 2.21 bits per heavy atom. The molecule has 0 atom stereocenters. The van der Waals surface area contributed by atoms with Crippen LogP contribution in [0.15, 0.2) is 0 Å². The van der Waals surface area contributed by atoms with Crippen molar-refractivity contribution in [3.05, 3.63) is 0 Å². The van der Waals surface area contributed by atoms with E-state index in [9.17, 15) is 4.79 Å². The maximum atomic E-state index is 11.5. The van der Waals surface area contributed by atoms with Gasteiger partial charge in [-0.15, -0.1) is 6.42 Å². The predicted molar refractivity (Wildman–Crippen MR) is 58.9 cm³/mol. The van der Waals surface area contributed by atoms with Gasteiger partial charge in [0.15, 0.2) is 0 Å². The van der Waals surface area contributed by atoms with E-state index in [1.807, 2.05) is 11.8 Å². The van der Waals surface area contributed by atoms with Crippen molar-refractivity contribution < 1.29 is 4.79 Å². The summed E-state index contributed by atoms with van der Waals surface area (Å²) >= 11 is 0. The number of hydrogen-bond acceptors (Lipinski definition) is 2. The number of hydrogen-bond donors (Lipinski definition) is 1. The Balaban J connectivity index is 3.74. The second kappa shape index (κ2) is 8.58. The van der Waals surface area contributed by atoms with Gasteiger partial charge in [0.05, 0.1) is 13.1 Å². The highest BCUT2D eigenvalue weighted by Crippen LogP contribution is 1.94. The van der Waals surface area contributed by atoms with Crippen molar-refractivity contribution in [2.24, 2.45) is 0 Å². The zero-order valence-corrected chi connectivity index (χ0v) is 9.18. The summed E-state index contributed by atoms with van der Waals surface area (Å²) in [4.78, 5) is 13.4. The molecule has 0 unspecified atom stereocenters. The maximum Gasteiger partial charge on any atom is 0.236 e. The fourth-order valence-electron chi connectivity index (χ4n) is 1.16. The molecule has 3 nitrogen and oxygen atoms in total. The van der Waals surface area contributed by atoms with Gasteiger partial charge >= 0.3 is 0 Å². The first-order valence-corrected chi connectivity index (χ1v) is 5.18. The molecule has 0 fully saturated rings. The smallest absolute Gasteiger partial charge is 0.236 e. The maximum absolute atomic E-state index is 11.5. The zero-order chi connectivity index (χ0) is 10.8. The fourth-order valence-corrected chi connectivity index (χ4v) is 1.16. The van der Waals surface area contributed by atoms with Gasteiger partial charge in [0.1, 0.15) is 0 Å². The van der Waals surface area contributed by atoms with E-state index in [0.29, 0.717) is 13.1 Å². The highest BCUT2D eigenvalue weighted by atomic mass is 16.2. The topological polar surface area (TPSA) is 32.3 Å². The molecule has 0 radical (unpaired) electrons. The van der Waals surface area contributed by atoms with Crippen molar-refractivity contribution in [3.63, 3.8) is 0 Å². The van der Waals surface area contributed by atoms with Crippen molar-refractivity contribution in [1.82, 2.24) is 10.2 Å². The Labute approximate surface area is 86.9 Å². The molecule has 0 aromatic carbocycles. The van der Waals surface area contributed by atoms with Crippen LogP contribution in [-0.4, -0.2) is 37.0 Å². The Morgan fingerprint density at radius 1 is 1.50 bits per heavy atom. The number of unbranched alkanes of at least 4 members (excludes halogenated alkanes) is 1. The molecular weight excluding hydrogens is 176 g/mol. The molecule has 0 bridgehead atoms. The molecule has 80 valence electrons. The van der Waals surface area contributed by atoms with Crippen LogP contribution in [0.2, 0.25) is 0 Å². The molecule has 1 amide bonds. The van der Waals surface area contributed by atoms with Gasteiger partial charge in [-0.3, -0.25) is 10.1 Å². The monoisotopic (exact) mass is 196 g/mol. The summed E-state index contributed by atoms with van der Waals surface area (Å²) in [5, 5.41) is 2.90. The standard InChI is InChI=1S/C11H20N2O/c1-4-7-9-13(6-3)11(14)10-12-8-5-2/h2,12H,4,6-10H2,1,3H3. The number of nitrogens with one attached hydrogen (secondary N) is 1. The third-order valence-corrected chi connectivity index (χ3v) is 2.02. The number of amides is 1. The van der Waals surface area contributed by atoms with E-state index in [0.717, 1.165) is 25.9 Å². The lowest BCUT2D eigenvalue weighted by atomic mass is 10.3. The van der Waals surface area contributed by atoms with Crippen molar-refractivity contribution >= 4 is 5.91 Å². The van der Waals surface area contributed by atoms with Gasteiger partial charge in [-0.2, -0.15) is 0 Å². The molecule has 0 aromatic heterocycles. The average Bonchev–Trinajstić information content (AvgIpc) is 2.19. The summed E-state index contributed by atoms with van der Waals surface area (Å²) < 4.78 is 0. The lowest BCUT2D eigenvalue weighted by molar-refractivity contribution is -0.130. The Hall–Kier alpha value is -1.01. The number of carbonyl (C=O) groups excluding carboxylic acids is 1. The summed E-state index contributed by atoms with van der Waals surface area (Å²) in [6.07, 6.45) is 7.24. The van der Waals surface area contributed by atoms with Crippen molar-refractivity contribution in [3.8, 4) is 12.3 Å². The van der Waals surface area contributed by atoms with Crippen LogP contribution in [0.5, 0.6) is 0 Å². The highest BCUT2D eigenvalue weighted by molar-refractivity contribution is 5.78. The number of terminal acetylenes is 1. The molecule has 3 heteroatoms. The van der Waals surface area contributed by atoms with E-state index in [4.69, 9.17) is 6.42 Å². The molecule has 0 saturated heterocycles. The second-order valence-corrected chi connectivity index (χ2v) is 3.13. The van der Waals surface area contributed by atoms with E-state index in [-0.39, 0.29) is 5.91 Å². The van der Waals surface area contributed by atoms with Crippen LogP contribution in [-0.2, 0) is 4.79 Å². The van der Waals surface area contributed by atoms with Crippen LogP contribution in [0.3, 0.4) is 0 Å². The van der Waals surface area contributed by atoms with Gasteiger partial charge in [0.25, 0.3) is 0 Å². The molecule has 0 aliphatic carbocycles. The van der Waals surface area contributed by atoms with Crippen LogP contribution >= 0.6 is 0 Å². The van der Waals surface area contributed by atoms with E-state index in [1.54, 1.807) is 0 Å². The predicted octanol–water partition coefficient (Wildman–Crippen LogP) is 0.858. The number of carbonyl (C=O) groups is 1. The minimum atomic E-state index is 0.135. The number of nitrogens with zero attached hydrogens (tertiary/aromatic N) is 1. The van der Waals surface area contributed by atoms with E-state index < -0.39 is 0 Å². The highest BCUT2D eigenvalue weighted by Gasteiger charge is 2.09. The average molecular weight is 196 g/mol. The summed E-state index contributed by atoms with van der Waals surface area (Å²) in [5.41, 5.74) is 0. The van der Waals surface area contributed by atoms with Crippen molar-refractivity contribution in [2.75, 3.05) is 26.2 Å². The first kappa shape index (κ1) is 13.0. The molecule has 0 spiro atoms. The molecule has 14 heavy (non-hydrogen) atoms. The van der Waals surface area contributed by atoms with Crippen LogP contribution in [0.4, 0.5) is 0 Å². The quantitative estimate of drug-likeness (QED) is 0.484. The van der Waals surface area contributed by atoms with Gasteiger partial charge in [0.2, 0.25) is 5.91 Å². The van der Waals surface area contributed by atoms with Crippen LogP contribution in [0, 0.1) is 12.3 Å². The number of likely N-dealkylation sites (N-methyl/N-ethyl adjacent to an activating group) is 1. The summed E-state index contributed by atoms with van der Waals surface area (Å²) in [6.45, 7) is 6.54. The molecule has 0 saturated carbocycles. The van der Waals surface area contributed by atoms with E-state index in [1.165, 1.54) is 0 Å². The van der Waals surface area contributed by atoms with Crippen molar-refractivity contribution in [2.45, 2.75) is 26.7 Å². The lowest BCUT2D eigenvalue weighted by Crippen LogP contribution is -2.38. The molecule has 0 aromatic rings. The largest absolute Gasteiger partial charge is 0.342 e. The van der Waals surface area contributed by atoms with Gasteiger partial charge in [0, 0.05) is 13.1 Å². The van der Waals surface area contributed by atoms with Crippen LogP contribution < -0.4 is 5.32 Å². The fraction of sp³-hybridized carbons (Fsp3) is 0.727. The first-order chi connectivity index (χ1) is 6.76. The molecule has 0 heterocycles. The van der Waals surface area contributed by atoms with Gasteiger partial charge in [-0.1, -0.05) is 19.3 Å². The van der Waals surface area contributed by atoms with E-state index in [2.05, 4.69) is 18.2 Å². The van der Waals surface area contributed by atoms with Crippen LogP contribution in [0.1, 0.15) is 26.7 Å². The molecule has 0 rings (SSSR count). The number of rotatable bonds is 7. The zero-order valence-electron chi connectivity index (χ0n) is 9.18. The minimum absolute atomic E-state index is 0.135. The minimum Gasteiger partial charge on any atom is -0.342 e. The molecule has 0 aliphatic rings. The van der Waals surface area contributed by atoms with Gasteiger partial charge in [-0.05, 0) is 13.3 Å². The Kier molecular flexibility index (Phi) is 7.96. The van der Waals surface area contributed by atoms with Gasteiger partial charge in [-0.25, -0.2) is 0 Å². The van der Waals surface area contributed by atoms with E-state index >= 15 is 0 Å². The normalized spacial score (nSPS) is 9.50. The third kappa shape index (κ3) is 5.60. The SMILES string of the molecule is C#CCNCC(=O)N(CC)CCCC. The van der Waals surface area contributed by atoms with Crippen molar-refractivity contribution in [1.29, 1.82) is 0 Å². The summed E-state index contributed by atoms with van der Waals surface area (Å²) in [6, 6.07) is 0. The lowest BCUT2D eigenvalue weighted by Gasteiger charge is -2.20. The first-order valence-electron chi connectivity index (χ1n) is 5.18. The second-order valence-electron chi connectivity index (χ2n) is 3.13. The molecule has 1 N–H and O–H groups in total. The summed E-state index contributed by atoms with van der Waals surface area (Å²) in [5.74, 6) is 2.58. The Morgan fingerprint density at radius 3 is 2.71 bits per heavy atom. The molecular formula is C11H20N2O. The van der Waals surface area contributed by atoms with Crippen LogP contribution in [0.25, 0.3) is 0 Å². The summed E-state index contributed by atoms with van der Waals surface area (Å²) in [7, 11) is 0. The molecule has 0 aliphatic heterocycles. The van der Waals surface area contributed by atoms with Gasteiger partial charge < -0.3 is 4.90 Å². The third-order valence-electron chi connectivity index (χ3n) is 2.02. The Bertz CT molecular complexity index is 196.